The average Bonchev–Trinajstić information content (AvgIpc) is 2.64. The molecular formula is C15H24O5. The SMILES string of the molecule is C[C@H]1CO[C@@H]2O[C@]3(C)CCC4[C@H](C)[C@@H](O)C[C@@H]1C42OO3. The predicted octanol–water partition coefficient (Wildman–Crippen LogP) is 1.84. The van der Waals surface area contributed by atoms with Crippen LogP contribution in [-0.4, -0.2) is 35.5 Å². The third-order valence-corrected chi connectivity index (χ3v) is 6.09. The molecule has 2 bridgehead atoms. The molecule has 1 spiro atoms. The van der Waals surface area contributed by atoms with Gasteiger partial charge in [0, 0.05) is 18.3 Å². The number of aliphatic hydroxyl groups excluding tert-OH is 1. The van der Waals surface area contributed by atoms with E-state index in [1.165, 1.54) is 0 Å². The molecule has 0 aromatic heterocycles. The number of ether oxygens (including phenoxy) is 2. The van der Waals surface area contributed by atoms with Gasteiger partial charge in [0.25, 0.3) is 0 Å². The third kappa shape index (κ3) is 1.56. The van der Waals surface area contributed by atoms with Crippen LogP contribution in [-0.2, 0) is 19.2 Å². The Balaban J connectivity index is 1.82. The highest BCUT2D eigenvalue weighted by Crippen LogP contribution is 2.59. The minimum atomic E-state index is -0.719. The molecule has 2 unspecified atom stereocenters. The van der Waals surface area contributed by atoms with Crippen LogP contribution in [0.5, 0.6) is 0 Å². The fourth-order valence-corrected chi connectivity index (χ4v) is 4.83. The molecule has 5 nitrogen and oxygen atoms in total. The number of rotatable bonds is 0. The molecule has 114 valence electrons. The lowest BCUT2D eigenvalue weighted by Gasteiger charge is -2.59. The summed E-state index contributed by atoms with van der Waals surface area (Å²) in [5.74, 6) is 0.234. The van der Waals surface area contributed by atoms with Crippen molar-refractivity contribution in [1.29, 1.82) is 0 Å². The number of fused-ring (bicyclic) bond motifs is 2. The molecule has 5 rings (SSSR count). The van der Waals surface area contributed by atoms with Gasteiger partial charge in [0.15, 0.2) is 11.9 Å². The first-order valence-electron chi connectivity index (χ1n) is 7.80. The zero-order valence-electron chi connectivity index (χ0n) is 12.4. The van der Waals surface area contributed by atoms with Crippen molar-refractivity contribution in [1.82, 2.24) is 0 Å². The van der Waals surface area contributed by atoms with E-state index in [0.29, 0.717) is 12.5 Å². The summed E-state index contributed by atoms with van der Waals surface area (Å²) in [6.07, 6.45) is 1.81. The fourth-order valence-electron chi connectivity index (χ4n) is 4.83. The molecule has 4 aliphatic heterocycles. The summed E-state index contributed by atoms with van der Waals surface area (Å²) in [5.41, 5.74) is -0.549. The maximum atomic E-state index is 10.4. The van der Waals surface area contributed by atoms with Crippen LogP contribution >= 0.6 is 0 Å². The van der Waals surface area contributed by atoms with E-state index in [1.54, 1.807) is 0 Å². The second-order valence-electron chi connectivity index (χ2n) is 7.33. The molecule has 0 aromatic carbocycles. The van der Waals surface area contributed by atoms with E-state index in [9.17, 15) is 5.11 Å². The molecule has 1 saturated carbocycles. The first-order chi connectivity index (χ1) is 9.46. The van der Waals surface area contributed by atoms with Gasteiger partial charge in [0.2, 0.25) is 5.79 Å². The van der Waals surface area contributed by atoms with Gasteiger partial charge < -0.3 is 14.6 Å². The first kappa shape index (κ1) is 13.5. The van der Waals surface area contributed by atoms with Crippen LogP contribution in [0.1, 0.15) is 40.0 Å². The van der Waals surface area contributed by atoms with E-state index in [-0.39, 0.29) is 30.1 Å². The maximum absolute atomic E-state index is 10.4. The summed E-state index contributed by atoms with van der Waals surface area (Å²) < 4.78 is 12.1. The topological polar surface area (TPSA) is 57.2 Å². The lowest BCUT2D eigenvalue weighted by atomic mass is 9.57. The van der Waals surface area contributed by atoms with Gasteiger partial charge in [-0.1, -0.05) is 13.8 Å². The van der Waals surface area contributed by atoms with Crippen LogP contribution in [0, 0.1) is 23.7 Å². The van der Waals surface area contributed by atoms with Crippen LogP contribution in [0.2, 0.25) is 0 Å². The highest BCUT2D eigenvalue weighted by atomic mass is 17.3. The standard InChI is InChI=1S/C15H24O5/c1-8-7-17-13-15-10(9(2)12(16)6-11(8)15)4-5-14(3,18-13)19-20-15/h8-13,16H,4-7H2,1-3H3/t8-,9-,10?,11-,12-,13+,14-,15?/m0/s1. The van der Waals surface area contributed by atoms with Crippen molar-refractivity contribution in [3.05, 3.63) is 0 Å². The van der Waals surface area contributed by atoms with E-state index >= 15 is 0 Å². The summed E-state index contributed by atoms with van der Waals surface area (Å²) in [6, 6.07) is 0. The lowest BCUT2D eigenvalue weighted by Crippen LogP contribution is -2.70. The molecular weight excluding hydrogens is 260 g/mol. The Bertz CT molecular complexity index is 411. The average molecular weight is 284 g/mol. The molecule has 1 N–H and O–H groups in total. The summed E-state index contributed by atoms with van der Waals surface area (Å²) >= 11 is 0. The van der Waals surface area contributed by atoms with Gasteiger partial charge in [0.05, 0.1) is 12.7 Å². The number of hydrogen-bond acceptors (Lipinski definition) is 5. The van der Waals surface area contributed by atoms with Crippen LogP contribution in [0.3, 0.4) is 0 Å². The molecule has 5 aliphatic rings. The van der Waals surface area contributed by atoms with E-state index in [1.807, 2.05) is 6.92 Å². The van der Waals surface area contributed by atoms with Crippen molar-refractivity contribution in [2.45, 2.75) is 63.8 Å². The Morgan fingerprint density at radius 1 is 1.15 bits per heavy atom. The van der Waals surface area contributed by atoms with Gasteiger partial charge >= 0.3 is 0 Å². The van der Waals surface area contributed by atoms with Gasteiger partial charge in [-0.3, -0.25) is 0 Å². The van der Waals surface area contributed by atoms with Crippen molar-refractivity contribution >= 4 is 0 Å². The van der Waals surface area contributed by atoms with Gasteiger partial charge in [-0.05, 0) is 31.6 Å². The molecule has 5 fully saturated rings. The molecule has 20 heavy (non-hydrogen) atoms. The van der Waals surface area contributed by atoms with Crippen molar-refractivity contribution in [3.63, 3.8) is 0 Å². The molecule has 4 heterocycles. The summed E-state index contributed by atoms with van der Waals surface area (Å²) in [5, 5.41) is 10.4. The Morgan fingerprint density at radius 3 is 2.75 bits per heavy atom. The van der Waals surface area contributed by atoms with Gasteiger partial charge in [-0.25, -0.2) is 9.78 Å². The summed E-state index contributed by atoms with van der Waals surface area (Å²) in [4.78, 5) is 11.6. The zero-order chi connectivity index (χ0) is 14.1. The summed E-state index contributed by atoms with van der Waals surface area (Å²) in [7, 11) is 0. The van der Waals surface area contributed by atoms with E-state index in [4.69, 9.17) is 19.2 Å². The maximum Gasteiger partial charge on any atom is 0.201 e. The molecule has 5 heteroatoms. The Hall–Kier alpha value is -0.200. The minimum Gasteiger partial charge on any atom is -0.393 e. The highest BCUT2D eigenvalue weighted by Gasteiger charge is 2.69. The molecule has 0 aromatic rings. The van der Waals surface area contributed by atoms with Crippen LogP contribution in [0.15, 0.2) is 0 Å². The Morgan fingerprint density at radius 2 is 1.95 bits per heavy atom. The normalized spacial score (nSPS) is 61.8. The van der Waals surface area contributed by atoms with E-state index in [0.717, 1.165) is 19.3 Å². The molecule has 8 atom stereocenters. The van der Waals surface area contributed by atoms with E-state index in [2.05, 4.69) is 13.8 Å². The molecule has 1 aliphatic carbocycles. The zero-order valence-corrected chi connectivity index (χ0v) is 12.4. The van der Waals surface area contributed by atoms with Gasteiger partial charge in [-0.2, -0.15) is 0 Å². The largest absolute Gasteiger partial charge is 0.393 e. The Kier molecular flexibility index (Phi) is 2.81. The lowest BCUT2D eigenvalue weighted by molar-refractivity contribution is -0.568. The number of hydrogen-bond donors (Lipinski definition) is 1. The third-order valence-electron chi connectivity index (χ3n) is 6.09. The first-order valence-corrected chi connectivity index (χ1v) is 7.80. The summed E-state index contributed by atoms with van der Waals surface area (Å²) in [6.45, 7) is 6.84. The quantitative estimate of drug-likeness (QED) is 0.688. The van der Waals surface area contributed by atoms with Gasteiger partial charge in [0.1, 0.15) is 0 Å². The Labute approximate surface area is 119 Å². The van der Waals surface area contributed by atoms with Crippen molar-refractivity contribution in [3.8, 4) is 0 Å². The van der Waals surface area contributed by atoms with Crippen LogP contribution in [0.25, 0.3) is 0 Å². The second kappa shape index (κ2) is 4.17. The van der Waals surface area contributed by atoms with Crippen molar-refractivity contribution < 1.29 is 24.4 Å². The van der Waals surface area contributed by atoms with Crippen molar-refractivity contribution in [2.75, 3.05) is 6.61 Å². The fraction of sp³-hybridized carbons (Fsp3) is 1.00. The second-order valence-corrected chi connectivity index (χ2v) is 7.33. The monoisotopic (exact) mass is 284 g/mol. The smallest absolute Gasteiger partial charge is 0.201 e. The number of aliphatic hydroxyl groups is 1. The minimum absolute atomic E-state index is 0.176. The molecule has 0 radical (unpaired) electrons. The highest BCUT2D eigenvalue weighted by molar-refractivity contribution is 5.10. The van der Waals surface area contributed by atoms with Gasteiger partial charge in [-0.15, -0.1) is 0 Å². The van der Waals surface area contributed by atoms with Crippen LogP contribution < -0.4 is 0 Å². The van der Waals surface area contributed by atoms with E-state index < -0.39 is 11.4 Å². The van der Waals surface area contributed by atoms with Crippen molar-refractivity contribution in [2.24, 2.45) is 23.7 Å². The van der Waals surface area contributed by atoms with Crippen LogP contribution in [0.4, 0.5) is 0 Å². The molecule has 0 amide bonds. The molecule has 4 saturated heterocycles. The predicted molar refractivity (Wildman–Crippen MR) is 69.3 cm³/mol.